The molecular formula is C4H14CeNO+. The fourth-order valence-electron chi connectivity index (χ4n) is 0. The smallest absolute Gasteiger partial charge is 0.0675 e. The Morgan fingerprint density at radius 3 is 0.857 bits per heavy atom. The van der Waals surface area contributed by atoms with Gasteiger partial charge >= 0.3 is 0 Å². The van der Waals surface area contributed by atoms with Gasteiger partial charge in [-0.3, -0.25) is 0 Å². The fourth-order valence-corrected chi connectivity index (χ4v) is 0. The molecule has 0 rings (SSSR count). The summed E-state index contributed by atoms with van der Waals surface area (Å²) in [5.41, 5.74) is 0. The van der Waals surface area contributed by atoms with Gasteiger partial charge in [0.2, 0.25) is 0 Å². The van der Waals surface area contributed by atoms with E-state index in [2.05, 4.69) is 28.2 Å². The molecule has 0 aliphatic heterocycles. The second kappa shape index (κ2) is 5.43. The Balaban J connectivity index is -0.0000000800. The van der Waals surface area contributed by atoms with Gasteiger partial charge in [-0.25, -0.2) is 0 Å². The summed E-state index contributed by atoms with van der Waals surface area (Å²) in [6.45, 7) is 0. The van der Waals surface area contributed by atoms with Gasteiger partial charge in [-0.15, -0.1) is 0 Å². The monoisotopic (exact) mass is 232 g/mol. The van der Waals surface area contributed by atoms with Crippen molar-refractivity contribution in [2.45, 2.75) is 0 Å². The van der Waals surface area contributed by atoms with E-state index in [9.17, 15) is 0 Å². The summed E-state index contributed by atoms with van der Waals surface area (Å²) >= 11 is 0. The van der Waals surface area contributed by atoms with Crippen LogP contribution < -0.4 is 0 Å². The first kappa shape index (κ1) is 15.7. The van der Waals surface area contributed by atoms with E-state index >= 15 is 0 Å². The van der Waals surface area contributed by atoms with Crippen molar-refractivity contribution in [3.05, 3.63) is 0 Å². The van der Waals surface area contributed by atoms with Crippen LogP contribution in [0.1, 0.15) is 0 Å². The molecule has 0 heterocycles. The molecule has 0 unspecified atom stereocenters. The van der Waals surface area contributed by atoms with Gasteiger partial charge < -0.3 is 9.96 Å². The van der Waals surface area contributed by atoms with Gasteiger partial charge in [-0.1, -0.05) is 0 Å². The molecule has 0 atom stereocenters. The minimum Gasteiger partial charge on any atom is -0.412 e. The maximum absolute atomic E-state index is 2.12. The van der Waals surface area contributed by atoms with Crippen LogP contribution in [0.2, 0.25) is 0 Å². The zero-order chi connectivity index (χ0) is 4.50. The van der Waals surface area contributed by atoms with Gasteiger partial charge in [0.15, 0.2) is 0 Å². The minimum atomic E-state index is 0. The number of nitrogens with zero attached hydrogens (tertiary/aromatic N) is 1. The average Bonchev–Trinajstić information content (AvgIpc) is 0.722. The summed E-state index contributed by atoms with van der Waals surface area (Å²) in [7, 11) is 8.50. The van der Waals surface area contributed by atoms with Crippen molar-refractivity contribution in [2.24, 2.45) is 0 Å². The van der Waals surface area contributed by atoms with Gasteiger partial charge in [-0.05, 0) is 0 Å². The van der Waals surface area contributed by atoms with E-state index in [1.165, 1.54) is 0 Å². The van der Waals surface area contributed by atoms with Gasteiger partial charge in [0.25, 0.3) is 0 Å². The third-order valence-electron chi connectivity index (χ3n) is 0. The summed E-state index contributed by atoms with van der Waals surface area (Å²) in [5, 5.41) is 0. The molecule has 7 heavy (non-hydrogen) atoms. The Morgan fingerprint density at radius 1 is 0.857 bits per heavy atom. The normalized spacial score (nSPS) is 8.57. The molecule has 0 aromatic rings. The second-order valence-electron chi connectivity index (χ2n) is 2.68. The molecule has 0 aromatic carbocycles. The zero-order valence-corrected chi connectivity index (χ0v) is 8.59. The molecule has 0 aliphatic rings. The third kappa shape index (κ3) is 122. The van der Waals surface area contributed by atoms with E-state index in [0.717, 1.165) is 4.48 Å². The van der Waals surface area contributed by atoms with Crippen LogP contribution in [0.25, 0.3) is 0 Å². The van der Waals surface area contributed by atoms with Crippen molar-refractivity contribution >= 4 is 0 Å². The number of hydrogen-bond acceptors (Lipinski definition) is 0. The van der Waals surface area contributed by atoms with Crippen LogP contribution in [-0.4, -0.2) is 38.1 Å². The van der Waals surface area contributed by atoms with Gasteiger partial charge in [0.1, 0.15) is 0 Å². The Morgan fingerprint density at radius 2 is 0.857 bits per heavy atom. The maximum atomic E-state index is 2.12. The summed E-state index contributed by atoms with van der Waals surface area (Å²) in [5.74, 6) is 0. The summed E-state index contributed by atoms with van der Waals surface area (Å²) in [6.07, 6.45) is 0. The van der Waals surface area contributed by atoms with E-state index in [0.29, 0.717) is 0 Å². The van der Waals surface area contributed by atoms with Crippen LogP contribution in [0.5, 0.6) is 0 Å². The third-order valence-corrected chi connectivity index (χ3v) is 0. The van der Waals surface area contributed by atoms with E-state index < -0.39 is 0 Å². The molecule has 2 nitrogen and oxygen atoms in total. The Hall–Kier alpha value is 1.30. The van der Waals surface area contributed by atoms with Crippen molar-refractivity contribution in [1.29, 1.82) is 0 Å². The Bertz CT molecular complexity index is 27.2. The number of quaternary nitrogens is 1. The number of rotatable bonds is 0. The molecule has 0 spiro atoms. The molecule has 0 saturated carbocycles. The van der Waals surface area contributed by atoms with Gasteiger partial charge in [-0.2, -0.15) is 0 Å². The van der Waals surface area contributed by atoms with E-state index in [4.69, 9.17) is 0 Å². The predicted molar refractivity (Wildman–Crippen MR) is 27.6 cm³/mol. The van der Waals surface area contributed by atoms with Gasteiger partial charge in [0.05, 0.1) is 28.2 Å². The first-order valence-corrected chi connectivity index (χ1v) is 1.79. The van der Waals surface area contributed by atoms with E-state index in [1.54, 1.807) is 0 Å². The van der Waals surface area contributed by atoms with Crippen LogP contribution >= 0.6 is 0 Å². The topological polar surface area (TPSA) is 31.5 Å². The maximum Gasteiger partial charge on any atom is 0.0675 e. The first-order chi connectivity index (χ1) is 2.00. The molecule has 0 saturated heterocycles. The zero-order valence-electron chi connectivity index (χ0n) is 5.45. The number of hydrogen-bond donors (Lipinski definition) is 0. The van der Waals surface area contributed by atoms with E-state index in [-0.39, 0.29) is 47.2 Å². The minimum absolute atomic E-state index is 0. The summed E-state index contributed by atoms with van der Waals surface area (Å²) in [6, 6.07) is 0. The van der Waals surface area contributed by atoms with Gasteiger partial charge in [0, 0.05) is 41.7 Å². The molecule has 3 heteroatoms. The van der Waals surface area contributed by atoms with Crippen LogP contribution in [-0.2, 0) is 0 Å². The standard InChI is InChI=1S/C4H12N.Ce.H2O/c1-5(2,3)4;;/h1-4H3;;1H2/q+1;;. The van der Waals surface area contributed by atoms with Crippen molar-refractivity contribution < 1.29 is 51.7 Å². The molecule has 0 bridgehead atoms. The molecular weight excluding hydrogens is 218 g/mol. The Kier molecular flexibility index (Phi) is 12.2. The molecule has 0 amide bonds. The molecule has 0 radical (unpaired) electrons. The van der Waals surface area contributed by atoms with Crippen molar-refractivity contribution in [3.8, 4) is 0 Å². The second-order valence-corrected chi connectivity index (χ2v) is 2.68. The summed E-state index contributed by atoms with van der Waals surface area (Å²) in [4.78, 5) is 0. The SMILES string of the molecule is C[N+](C)(C)C.O.[Ce]. The van der Waals surface area contributed by atoms with Crippen LogP contribution in [0.15, 0.2) is 0 Å². The van der Waals surface area contributed by atoms with Crippen molar-refractivity contribution in [2.75, 3.05) is 28.2 Å². The molecule has 44 valence electrons. The van der Waals surface area contributed by atoms with Crippen molar-refractivity contribution in [3.63, 3.8) is 0 Å². The summed E-state index contributed by atoms with van der Waals surface area (Å²) < 4.78 is 1.00. The molecule has 2 N–H and O–H groups in total. The van der Waals surface area contributed by atoms with Crippen LogP contribution in [0, 0.1) is 41.7 Å². The predicted octanol–water partition coefficient (Wildman–Crippen LogP) is -0.502. The molecule has 0 aromatic heterocycles. The average molecular weight is 232 g/mol. The molecule has 0 aliphatic carbocycles. The van der Waals surface area contributed by atoms with Crippen LogP contribution in [0.4, 0.5) is 0 Å². The molecule has 0 fully saturated rings. The first-order valence-electron chi connectivity index (χ1n) is 1.79. The fraction of sp³-hybridized carbons (Fsp3) is 1.00. The largest absolute Gasteiger partial charge is 0.412 e. The quantitative estimate of drug-likeness (QED) is 0.504. The van der Waals surface area contributed by atoms with E-state index in [1.807, 2.05) is 0 Å². The van der Waals surface area contributed by atoms with Crippen molar-refractivity contribution in [1.82, 2.24) is 0 Å². The van der Waals surface area contributed by atoms with Crippen LogP contribution in [0.3, 0.4) is 0 Å². The Labute approximate surface area is 79.2 Å².